The van der Waals surface area contributed by atoms with Crippen molar-refractivity contribution in [2.75, 3.05) is 6.26 Å². The first-order valence-electron chi connectivity index (χ1n) is 5.02. The molecular weight excluding hydrogens is 210 g/mol. The van der Waals surface area contributed by atoms with Gasteiger partial charge in [-0.05, 0) is 43.6 Å². The van der Waals surface area contributed by atoms with E-state index in [1.165, 1.54) is 18.2 Å². The average molecular weight is 223 g/mol. The number of aromatic nitrogens is 1. The van der Waals surface area contributed by atoms with Crippen LogP contribution < -0.4 is 0 Å². The van der Waals surface area contributed by atoms with E-state index >= 15 is 0 Å². The van der Waals surface area contributed by atoms with Gasteiger partial charge < -0.3 is 5.11 Å². The summed E-state index contributed by atoms with van der Waals surface area (Å²) in [6, 6.07) is 1.80. The van der Waals surface area contributed by atoms with Crippen LogP contribution in [0.25, 0.3) is 0 Å². The van der Waals surface area contributed by atoms with E-state index in [0.717, 1.165) is 30.5 Å². The molecule has 0 amide bonds. The highest BCUT2D eigenvalue weighted by Gasteiger charge is 2.17. The van der Waals surface area contributed by atoms with Gasteiger partial charge in [-0.15, -0.1) is 11.8 Å². The molecule has 1 aliphatic carbocycles. The van der Waals surface area contributed by atoms with Gasteiger partial charge in [-0.25, -0.2) is 9.78 Å². The minimum absolute atomic E-state index is 0.350. The lowest BCUT2D eigenvalue weighted by molar-refractivity contribution is 0.0692. The summed E-state index contributed by atoms with van der Waals surface area (Å²) in [5.74, 6) is -0.875. The molecule has 0 radical (unpaired) electrons. The van der Waals surface area contributed by atoms with Crippen LogP contribution in [0.4, 0.5) is 0 Å². The van der Waals surface area contributed by atoms with Gasteiger partial charge in [0.05, 0.1) is 5.56 Å². The van der Waals surface area contributed by atoms with E-state index in [-0.39, 0.29) is 0 Å². The Hall–Kier alpha value is -1.03. The minimum Gasteiger partial charge on any atom is -0.478 e. The van der Waals surface area contributed by atoms with Crippen LogP contribution in [0.2, 0.25) is 0 Å². The average Bonchev–Trinajstić information content (AvgIpc) is 2.27. The Balaban J connectivity index is 2.51. The van der Waals surface area contributed by atoms with Crippen LogP contribution >= 0.6 is 11.8 Å². The third-order valence-corrected chi connectivity index (χ3v) is 3.39. The highest BCUT2D eigenvalue weighted by Crippen LogP contribution is 2.26. The Morgan fingerprint density at radius 2 is 2.20 bits per heavy atom. The Labute approximate surface area is 92.9 Å². The third kappa shape index (κ3) is 2.00. The van der Waals surface area contributed by atoms with Gasteiger partial charge in [-0.1, -0.05) is 0 Å². The van der Waals surface area contributed by atoms with E-state index < -0.39 is 5.97 Å². The van der Waals surface area contributed by atoms with Crippen LogP contribution in [0.1, 0.15) is 34.5 Å². The smallest absolute Gasteiger partial charge is 0.338 e. The number of carboxylic acids is 1. The molecule has 4 heteroatoms. The summed E-state index contributed by atoms with van der Waals surface area (Å²) in [7, 11) is 0. The molecule has 1 aromatic heterocycles. The van der Waals surface area contributed by atoms with Crippen LogP contribution in [-0.2, 0) is 12.8 Å². The number of thioether (sulfide) groups is 1. The summed E-state index contributed by atoms with van der Waals surface area (Å²) < 4.78 is 0. The van der Waals surface area contributed by atoms with Crippen molar-refractivity contribution in [3.05, 3.63) is 22.9 Å². The maximum Gasteiger partial charge on any atom is 0.338 e. The van der Waals surface area contributed by atoms with Crippen molar-refractivity contribution < 1.29 is 9.90 Å². The molecule has 1 N–H and O–H groups in total. The molecule has 0 saturated heterocycles. The highest BCUT2D eigenvalue weighted by atomic mass is 32.2. The number of fused-ring (bicyclic) bond motifs is 1. The van der Waals surface area contributed by atoms with Gasteiger partial charge in [0.2, 0.25) is 0 Å². The molecule has 1 aliphatic rings. The summed E-state index contributed by atoms with van der Waals surface area (Å²) in [5, 5.41) is 9.69. The maximum absolute atomic E-state index is 11.0. The summed E-state index contributed by atoms with van der Waals surface area (Å²) in [4.78, 5) is 15.4. The van der Waals surface area contributed by atoms with Gasteiger partial charge in [-0.2, -0.15) is 0 Å². The Kier molecular flexibility index (Phi) is 2.95. The molecule has 15 heavy (non-hydrogen) atoms. The largest absolute Gasteiger partial charge is 0.478 e. The van der Waals surface area contributed by atoms with Crippen molar-refractivity contribution in [3.63, 3.8) is 0 Å². The van der Waals surface area contributed by atoms with E-state index in [1.54, 1.807) is 6.07 Å². The van der Waals surface area contributed by atoms with Crippen LogP contribution in [0.5, 0.6) is 0 Å². The Bertz CT molecular complexity index is 404. The highest BCUT2D eigenvalue weighted by molar-refractivity contribution is 7.98. The zero-order valence-corrected chi connectivity index (χ0v) is 9.43. The molecule has 80 valence electrons. The fourth-order valence-electron chi connectivity index (χ4n) is 1.92. The van der Waals surface area contributed by atoms with Gasteiger partial charge in [0.1, 0.15) is 5.03 Å². The lowest BCUT2D eigenvalue weighted by atomic mass is 9.95. The predicted octanol–water partition coefficient (Wildman–Crippen LogP) is 2.38. The molecule has 0 atom stereocenters. The first kappa shape index (κ1) is 10.5. The molecule has 0 unspecified atom stereocenters. The monoisotopic (exact) mass is 223 g/mol. The standard InChI is InChI=1S/C11H13NO2S/c1-15-10-8(11(13)14)6-7-4-2-3-5-9(7)12-10/h6H,2-5H2,1H3,(H,13,14). The molecule has 1 aromatic rings. The number of pyridine rings is 1. The number of aromatic carboxylic acids is 1. The summed E-state index contributed by atoms with van der Waals surface area (Å²) in [6.07, 6.45) is 6.14. The second kappa shape index (κ2) is 4.23. The number of carboxylic acid groups (broad SMARTS) is 1. The lowest BCUT2D eigenvalue weighted by Gasteiger charge is -2.16. The first-order valence-corrected chi connectivity index (χ1v) is 6.25. The quantitative estimate of drug-likeness (QED) is 0.782. The van der Waals surface area contributed by atoms with Crippen molar-refractivity contribution in [2.45, 2.75) is 30.7 Å². The third-order valence-electron chi connectivity index (χ3n) is 2.69. The van der Waals surface area contributed by atoms with E-state index in [1.807, 2.05) is 6.26 Å². The Morgan fingerprint density at radius 1 is 1.47 bits per heavy atom. The van der Waals surface area contributed by atoms with Crippen LogP contribution in [0, 0.1) is 0 Å². The molecule has 0 fully saturated rings. The fourth-order valence-corrected chi connectivity index (χ4v) is 2.49. The number of carbonyl (C=O) groups is 1. The molecular formula is C11H13NO2S. The minimum atomic E-state index is -0.875. The van der Waals surface area contributed by atoms with Crippen LogP contribution in [0.3, 0.4) is 0 Å². The number of nitrogens with zero attached hydrogens (tertiary/aromatic N) is 1. The normalized spacial score (nSPS) is 14.7. The molecule has 0 bridgehead atoms. The number of aryl methyl sites for hydroxylation is 2. The van der Waals surface area contributed by atoms with Crippen LogP contribution in [0.15, 0.2) is 11.1 Å². The zero-order valence-electron chi connectivity index (χ0n) is 8.62. The molecule has 0 saturated carbocycles. The summed E-state index contributed by atoms with van der Waals surface area (Å²) in [6.45, 7) is 0. The summed E-state index contributed by atoms with van der Waals surface area (Å²) >= 11 is 1.40. The van der Waals surface area contributed by atoms with Crippen molar-refractivity contribution >= 4 is 17.7 Å². The van der Waals surface area contributed by atoms with Gasteiger partial charge in [0.15, 0.2) is 0 Å². The van der Waals surface area contributed by atoms with E-state index in [4.69, 9.17) is 5.11 Å². The van der Waals surface area contributed by atoms with E-state index in [9.17, 15) is 4.79 Å². The van der Waals surface area contributed by atoms with Crippen molar-refractivity contribution in [3.8, 4) is 0 Å². The van der Waals surface area contributed by atoms with Gasteiger partial charge in [0, 0.05) is 5.69 Å². The molecule has 0 aliphatic heterocycles. The topological polar surface area (TPSA) is 50.2 Å². The van der Waals surface area contributed by atoms with Crippen molar-refractivity contribution in [1.82, 2.24) is 4.98 Å². The lowest BCUT2D eigenvalue weighted by Crippen LogP contribution is -2.10. The van der Waals surface area contributed by atoms with Crippen molar-refractivity contribution in [2.24, 2.45) is 0 Å². The SMILES string of the molecule is CSc1nc2c(cc1C(=O)O)CCCC2. The molecule has 0 aromatic carbocycles. The van der Waals surface area contributed by atoms with E-state index in [0.29, 0.717) is 10.6 Å². The van der Waals surface area contributed by atoms with Gasteiger partial charge in [0.25, 0.3) is 0 Å². The summed E-state index contributed by atoms with van der Waals surface area (Å²) in [5.41, 5.74) is 2.57. The maximum atomic E-state index is 11.0. The van der Waals surface area contributed by atoms with Gasteiger partial charge in [-0.3, -0.25) is 0 Å². The molecule has 3 nitrogen and oxygen atoms in total. The predicted molar refractivity (Wildman–Crippen MR) is 59.6 cm³/mol. The number of hydrogen-bond acceptors (Lipinski definition) is 3. The van der Waals surface area contributed by atoms with E-state index in [2.05, 4.69) is 4.98 Å². The zero-order chi connectivity index (χ0) is 10.8. The second-order valence-corrected chi connectivity index (χ2v) is 4.46. The first-order chi connectivity index (χ1) is 7.22. The van der Waals surface area contributed by atoms with Crippen molar-refractivity contribution in [1.29, 1.82) is 0 Å². The molecule has 2 rings (SSSR count). The Morgan fingerprint density at radius 3 is 2.87 bits per heavy atom. The fraction of sp³-hybridized carbons (Fsp3) is 0.455. The van der Waals surface area contributed by atoms with Crippen LogP contribution in [-0.4, -0.2) is 22.3 Å². The molecule has 1 heterocycles. The van der Waals surface area contributed by atoms with Gasteiger partial charge >= 0.3 is 5.97 Å². The second-order valence-electron chi connectivity index (χ2n) is 3.66. The molecule has 0 spiro atoms. The number of rotatable bonds is 2. The number of hydrogen-bond donors (Lipinski definition) is 1.